The molecule has 1 fully saturated rings. The third kappa shape index (κ3) is 2.16. The number of amides is 2. The summed E-state index contributed by atoms with van der Waals surface area (Å²) in [5.41, 5.74) is 1.95. The summed E-state index contributed by atoms with van der Waals surface area (Å²) in [5.74, 6) is -0.0320. The van der Waals surface area contributed by atoms with E-state index in [0.29, 0.717) is 42.8 Å². The molecule has 3 rings (SSSR count). The number of carbonyl (C=O) groups excluding carboxylic acids is 2. The fourth-order valence-electron chi connectivity index (χ4n) is 2.20. The highest BCUT2D eigenvalue weighted by Gasteiger charge is 2.21. The molecule has 0 aliphatic carbocycles. The van der Waals surface area contributed by atoms with Gasteiger partial charge >= 0.3 is 0 Å². The van der Waals surface area contributed by atoms with Crippen molar-refractivity contribution in [2.45, 2.75) is 0 Å². The molecule has 0 spiro atoms. The first-order chi connectivity index (χ1) is 9.28. The van der Waals surface area contributed by atoms with Crippen molar-refractivity contribution in [1.82, 2.24) is 14.8 Å². The van der Waals surface area contributed by atoms with Gasteiger partial charge in [0.25, 0.3) is 5.91 Å². The first-order valence-corrected chi connectivity index (χ1v) is 6.10. The average Bonchev–Trinajstić information content (AvgIpc) is 2.94. The SMILES string of the molecule is O=CN1CCN(C(=O)c2ccc3ocnc3c2)CC1. The average molecular weight is 259 g/mol. The Hall–Kier alpha value is -2.37. The van der Waals surface area contributed by atoms with Crippen LogP contribution in [0.25, 0.3) is 11.1 Å². The lowest BCUT2D eigenvalue weighted by molar-refractivity contribution is -0.119. The maximum absolute atomic E-state index is 12.3. The van der Waals surface area contributed by atoms with Crippen LogP contribution >= 0.6 is 0 Å². The van der Waals surface area contributed by atoms with Gasteiger partial charge in [0.2, 0.25) is 6.41 Å². The Balaban J connectivity index is 1.78. The van der Waals surface area contributed by atoms with Gasteiger partial charge in [-0.25, -0.2) is 4.98 Å². The van der Waals surface area contributed by atoms with Crippen LogP contribution in [0.1, 0.15) is 10.4 Å². The number of carbonyl (C=O) groups is 2. The Morgan fingerprint density at radius 2 is 2.05 bits per heavy atom. The largest absolute Gasteiger partial charge is 0.443 e. The minimum absolute atomic E-state index is 0.0320. The summed E-state index contributed by atoms with van der Waals surface area (Å²) in [6, 6.07) is 5.21. The van der Waals surface area contributed by atoms with Gasteiger partial charge in [-0.1, -0.05) is 0 Å². The van der Waals surface area contributed by atoms with E-state index in [-0.39, 0.29) is 5.91 Å². The maximum atomic E-state index is 12.3. The van der Waals surface area contributed by atoms with Crippen LogP contribution in [0.5, 0.6) is 0 Å². The minimum Gasteiger partial charge on any atom is -0.443 e. The van der Waals surface area contributed by atoms with Crippen molar-refractivity contribution in [2.75, 3.05) is 26.2 Å². The highest BCUT2D eigenvalue weighted by Crippen LogP contribution is 2.16. The summed E-state index contributed by atoms with van der Waals surface area (Å²) in [4.78, 5) is 30.4. The van der Waals surface area contributed by atoms with E-state index in [2.05, 4.69) is 4.98 Å². The van der Waals surface area contributed by atoms with Crippen molar-refractivity contribution in [3.8, 4) is 0 Å². The van der Waals surface area contributed by atoms with Crippen LogP contribution in [0.15, 0.2) is 29.0 Å². The molecule has 1 aliphatic heterocycles. The van der Waals surface area contributed by atoms with Gasteiger partial charge in [0.1, 0.15) is 5.52 Å². The summed E-state index contributed by atoms with van der Waals surface area (Å²) in [5, 5.41) is 0. The molecular formula is C13H13N3O3. The first kappa shape index (κ1) is 11.7. The summed E-state index contributed by atoms with van der Waals surface area (Å²) < 4.78 is 5.15. The van der Waals surface area contributed by atoms with Crippen molar-refractivity contribution in [3.63, 3.8) is 0 Å². The molecule has 0 N–H and O–H groups in total. The molecule has 1 aromatic heterocycles. The zero-order chi connectivity index (χ0) is 13.2. The number of benzene rings is 1. The molecule has 0 bridgehead atoms. The molecule has 1 aliphatic rings. The van der Waals surface area contributed by atoms with Crippen molar-refractivity contribution in [3.05, 3.63) is 30.2 Å². The van der Waals surface area contributed by atoms with Crippen LogP contribution < -0.4 is 0 Å². The molecule has 2 heterocycles. The molecule has 1 saturated heterocycles. The molecule has 0 saturated carbocycles. The lowest BCUT2D eigenvalue weighted by Gasteiger charge is -2.32. The molecule has 0 atom stereocenters. The number of nitrogens with zero attached hydrogens (tertiary/aromatic N) is 3. The van der Waals surface area contributed by atoms with E-state index in [1.165, 1.54) is 6.39 Å². The molecule has 1 aromatic carbocycles. The predicted molar refractivity (Wildman–Crippen MR) is 67.5 cm³/mol. The molecule has 2 amide bonds. The van der Waals surface area contributed by atoms with E-state index in [4.69, 9.17) is 4.42 Å². The monoisotopic (exact) mass is 259 g/mol. The molecule has 19 heavy (non-hydrogen) atoms. The Morgan fingerprint density at radius 3 is 2.79 bits per heavy atom. The lowest BCUT2D eigenvalue weighted by atomic mass is 10.1. The van der Waals surface area contributed by atoms with Crippen molar-refractivity contribution < 1.29 is 14.0 Å². The molecular weight excluding hydrogens is 246 g/mol. The number of rotatable bonds is 2. The Bertz CT molecular complexity index is 614. The standard InChI is InChI=1S/C13H13N3O3/c17-9-15-3-5-16(6-4-15)13(18)10-1-2-12-11(7-10)14-8-19-12/h1-2,7-9H,3-6H2. The Kier molecular flexibility index (Phi) is 2.91. The maximum Gasteiger partial charge on any atom is 0.254 e. The molecule has 6 nitrogen and oxygen atoms in total. The Labute approximate surface area is 109 Å². The highest BCUT2D eigenvalue weighted by molar-refractivity contribution is 5.97. The summed E-state index contributed by atoms with van der Waals surface area (Å²) in [6.45, 7) is 2.30. The fourth-order valence-corrected chi connectivity index (χ4v) is 2.20. The van der Waals surface area contributed by atoms with Gasteiger partial charge < -0.3 is 14.2 Å². The van der Waals surface area contributed by atoms with E-state index in [1.807, 2.05) is 0 Å². The zero-order valence-electron chi connectivity index (χ0n) is 10.3. The van der Waals surface area contributed by atoms with E-state index < -0.39 is 0 Å². The van der Waals surface area contributed by atoms with E-state index in [9.17, 15) is 9.59 Å². The number of hydrogen-bond donors (Lipinski definition) is 0. The van der Waals surface area contributed by atoms with Crippen LogP contribution in [0.2, 0.25) is 0 Å². The summed E-state index contributed by atoms with van der Waals surface area (Å²) in [7, 11) is 0. The van der Waals surface area contributed by atoms with Gasteiger partial charge in [-0.2, -0.15) is 0 Å². The molecule has 6 heteroatoms. The topological polar surface area (TPSA) is 66.7 Å². The second-order valence-electron chi connectivity index (χ2n) is 4.47. The second-order valence-corrected chi connectivity index (χ2v) is 4.47. The molecule has 0 unspecified atom stereocenters. The fraction of sp³-hybridized carbons (Fsp3) is 0.308. The lowest BCUT2D eigenvalue weighted by Crippen LogP contribution is -2.48. The highest BCUT2D eigenvalue weighted by atomic mass is 16.3. The van der Waals surface area contributed by atoms with Crippen LogP contribution in [0, 0.1) is 0 Å². The molecule has 2 aromatic rings. The van der Waals surface area contributed by atoms with Gasteiger partial charge in [0, 0.05) is 31.7 Å². The van der Waals surface area contributed by atoms with Crippen LogP contribution in [-0.4, -0.2) is 53.3 Å². The van der Waals surface area contributed by atoms with Gasteiger partial charge in [0.15, 0.2) is 12.0 Å². The molecule has 98 valence electrons. The summed E-state index contributed by atoms with van der Waals surface area (Å²) in [6.07, 6.45) is 2.19. The second kappa shape index (κ2) is 4.72. The van der Waals surface area contributed by atoms with Crippen molar-refractivity contribution >= 4 is 23.4 Å². The number of aromatic nitrogens is 1. The third-order valence-corrected chi connectivity index (χ3v) is 3.33. The number of fused-ring (bicyclic) bond motifs is 1. The Morgan fingerprint density at radius 1 is 1.26 bits per heavy atom. The molecule has 0 radical (unpaired) electrons. The normalized spacial score (nSPS) is 15.8. The summed E-state index contributed by atoms with van der Waals surface area (Å²) >= 11 is 0. The quantitative estimate of drug-likeness (QED) is 0.746. The van der Waals surface area contributed by atoms with E-state index >= 15 is 0 Å². The van der Waals surface area contributed by atoms with Crippen molar-refractivity contribution in [2.24, 2.45) is 0 Å². The zero-order valence-corrected chi connectivity index (χ0v) is 10.3. The van der Waals surface area contributed by atoms with Crippen LogP contribution in [0.3, 0.4) is 0 Å². The minimum atomic E-state index is -0.0320. The smallest absolute Gasteiger partial charge is 0.254 e. The van der Waals surface area contributed by atoms with Gasteiger partial charge in [-0.05, 0) is 18.2 Å². The predicted octanol–water partition coefficient (Wildman–Crippen LogP) is 0.742. The van der Waals surface area contributed by atoms with Crippen LogP contribution in [-0.2, 0) is 4.79 Å². The van der Waals surface area contributed by atoms with Gasteiger partial charge in [0.05, 0.1) is 0 Å². The first-order valence-electron chi connectivity index (χ1n) is 6.10. The number of hydrogen-bond acceptors (Lipinski definition) is 4. The number of oxazole rings is 1. The van der Waals surface area contributed by atoms with Gasteiger partial charge in [-0.3, -0.25) is 9.59 Å². The van der Waals surface area contributed by atoms with Crippen molar-refractivity contribution in [1.29, 1.82) is 0 Å². The van der Waals surface area contributed by atoms with Gasteiger partial charge in [-0.15, -0.1) is 0 Å². The number of piperazine rings is 1. The van der Waals surface area contributed by atoms with Crippen LogP contribution in [0.4, 0.5) is 0 Å². The van der Waals surface area contributed by atoms with E-state index in [1.54, 1.807) is 28.0 Å². The van der Waals surface area contributed by atoms with E-state index in [0.717, 1.165) is 6.41 Å². The third-order valence-electron chi connectivity index (χ3n) is 3.33.